The van der Waals surface area contributed by atoms with E-state index in [2.05, 4.69) is 10.4 Å². The minimum absolute atomic E-state index is 0.435. The van der Waals surface area contributed by atoms with E-state index in [-0.39, 0.29) is 0 Å². The number of rotatable bonds is 11. The van der Waals surface area contributed by atoms with Gasteiger partial charge in [0.15, 0.2) is 0 Å². The van der Waals surface area contributed by atoms with Crippen molar-refractivity contribution in [1.82, 2.24) is 15.1 Å². The summed E-state index contributed by atoms with van der Waals surface area (Å²) in [5.41, 5.74) is 3.08. The van der Waals surface area contributed by atoms with Gasteiger partial charge in [-0.15, -0.1) is 4.18 Å². The Hall–Kier alpha value is -1.06. The lowest BCUT2D eigenvalue weighted by molar-refractivity contribution is 0.159. The Bertz CT molecular complexity index is 930. The molecule has 1 atom stereocenters. The first-order chi connectivity index (χ1) is 16.2. The standard InChI is InChI=1S/C24H35Cl2F2N4OS/c1-16-23(17(2)31(3)30-16)32(15-22(27)28)34(33-4)24-20(25)13-19(14-21(24)26)8-6-5-7-18-9-11-29-12-10-18/h13-14,18,22,29H,5-12,15H2,1-4H3/q+1. The van der Waals surface area contributed by atoms with Crippen LogP contribution in [0.3, 0.4) is 0 Å². The van der Waals surface area contributed by atoms with Gasteiger partial charge in [-0.2, -0.15) is 9.40 Å². The van der Waals surface area contributed by atoms with Gasteiger partial charge in [0.05, 0.1) is 18.5 Å². The van der Waals surface area contributed by atoms with Crippen molar-refractivity contribution in [3.63, 3.8) is 0 Å². The van der Waals surface area contributed by atoms with Crippen LogP contribution in [0.15, 0.2) is 17.0 Å². The highest BCUT2D eigenvalue weighted by molar-refractivity contribution is 7.94. The number of piperidine rings is 1. The summed E-state index contributed by atoms with van der Waals surface area (Å²) < 4.78 is 36.2. The van der Waals surface area contributed by atoms with E-state index >= 15 is 0 Å². The molecule has 1 fully saturated rings. The van der Waals surface area contributed by atoms with Crippen molar-refractivity contribution < 1.29 is 13.0 Å². The molecule has 1 aromatic carbocycles. The van der Waals surface area contributed by atoms with Crippen LogP contribution in [0.2, 0.25) is 10.0 Å². The van der Waals surface area contributed by atoms with Crippen LogP contribution in [0.4, 0.5) is 14.5 Å². The number of hydrogen-bond acceptors (Lipinski definition) is 4. The Morgan fingerprint density at radius 2 is 1.85 bits per heavy atom. The van der Waals surface area contributed by atoms with Gasteiger partial charge in [-0.25, -0.2) is 8.78 Å². The van der Waals surface area contributed by atoms with Crippen molar-refractivity contribution in [3.8, 4) is 0 Å². The lowest BCUT2D eigenvalue weighted by Crippen LogP contribution is -2.37. The van der Waals surface area contributed by atoms with Crippen LogP contribution in [0, 0.1) is 19.8 Å². The summed E-state index contributed by atoms with van der Waals surface area (Å²) in [5, 5.41) is 8.67. The highest BCUT2D eigenvalue weighted by Crippen LogP contribution is 2.39. The molecular weight excluding hydrogens is 501 g/mol. The van der Waals surface area contributed by atoms with Crippen LogP contribution in [0.5, 0.6) is 0 Å². The maximum atomic E-state index is 13.6. The first kappa shape index (κ1) is 27.5. The van der Waals surface area contributed by atoms with Crippen molar-refractivity contribution in [2.45, 2.75) is 63.7 Å². The van der Waals surface area contributed by atoms with Crippen molar-refractivity contribution in [2.24, 2.45) is 13.0 Å². The SMILES string of the molecule is CO[S+](c1c(Cl)cc(CCCCC2CCNCC2)cc1Cl)N(CC(F)F)c1c(C)nn(C)c1C. The van der Waals surface area contributed by atoms with E-state index in [1.807, 2.05) is 19.1 Å². The van der Waals surface area contributed by atoms with Gasteiger partial charge in [0.1, 0.15) is 22.3 Å². The third kappa shape index (κ3) is 6.78. The van der Waals surface area contributed by atoms with Crippen molar-refractivity contribution in [3.05, 3.63) is 39.1 Å². The van der Waals surface area contributed by atoms with Crippen LogP contribution in [0.1, 0.15) is 49.1 Å². The normalized spacial score (nSPS) is 15.8. The van der Waals surface area contributed by atoms with E-state index in [0.717, 1.165) is 43.1 Å². The fourth-order valence-corrected chi connectivity index (χ4v) is 7.26. The zero-order chi connectivity index (χ0) is 24.8. The highest BCUT2D eigenvalue weighted by atomic mass is 35.5. The maximum Gasteiger partial charge on any atom is 0.311 e. The molecule has 0 aliphatic carbocycles. The molecule has 190 valence electrons. The largest absolute Gasteiger partial charge is 0.317 e. The van der Waals surface area contributed by atoms with Gasteiger partial charge >= 0.3 is 11.4 Å². The molecule has 1 saturated heterocycles. The Morgan fingerprint density at radius 3 is 2.38 bits per heavy atom. The van der Waals surface area contributed by atoms with Gasteiger partial charge in [-0.1, -0.05) is 36.0 Å². The molecule has 2 aromatic rings. The highest BCUT2D eigenvalue weighted by Gasteiger charge is 2.42. The molecule has 1 unspecified atom stereocenters. The Morgan fingerprint density at radius 1 is 1.21 bits per heavy atom. The number of nitrogens with zero attached hydrogens (tertiary/aromatic N) is 3. The molecule has 1 aliphatic rings. The first-order valence-corrected chi connectivity index (χ1v) is 13.6. The lowest BCUT2D eigenvalue weighted by Gasteiger charge is -2.22. The average molecular weight is 537 g/mol. The summed E-state index contributed by atoms with van der Waals surface area (Å²) in [5.74, 6) is 0.819. The lowest BCUT2D eigenvalue weighted by atomic mass is 9.92. The zero-order valence-corrected chi connectivity index (χ0v) is 22.7. The summed E-state index contributed by atoms with van der Waals surface area (Å²) in [6.07, 6.45) is 4.32. The molecule has 2 heterocycles. The third-order valence-corrected chi connectivity index (χ3v) is 9.06. The predicted molar refractivity (Wildman–Crippen MR) is 138 cm³/mol. The summed E-state index contributed by atoms with van der Waals surface area (Å²) in [7, 11) is 3.28. The number of nitrogens with one attached hydrogen (secondary N) is 1. The average Bonchev–Trinajstić information content (AvgIpc) is 3.04. The first-order valence-electron chi connectivity index (χ1n) is 11.8. The monoisotopic (exact) mass is 535 g/mol. The molecule has 1 aliphatic heterocycles. The molecule has 3 rings (SSSR count). The van der Waals surface area contributed by atoms with Crippen LogP contribution in [-0.4, -0.2) is 42.9 Å². The maximum absolute atomic E-state index is 13.6. The number of alkyl halides is 2. The molecule has 1 aromatic heterocycles. The van der Waals surface area contributed by atoms with Crippen LogP contribution in [0.25, 0.3) is 0 Å². The van der Waals surface area contributed by atoms with E-state index in [4.69, 9.17) is 27.4 Å². The van der Waals surface area contributed by atoms with Crippen molar-refractivity contribution in [1.29, 1.82) is 0 Å². The predicted octanol–water partition coefficient (Wildman–Crippen LogP) is 6.28. The fraction of sp³-hybridized carbons (Fsp3) is 0.625. The molecule has 0 bridgehead atoms. The van der Waals surface area contributed by atoms with E-state index in [1.165, 1.54) is 37.1 Å². The van der Waals surface area contributed by atoms with Crippen LogP contribution < -0.4 is 9.62 Å². The Labute approximate surface area is 214 Å². The van der Waals surface area contributed by atoms with E-state index in [9.17, 15) is 8.78 Å². The second-order valence-electron chi connectivity index (χ2n) is 8.84. The summed E-state index contributed by atoms with van der Waals surface area (Å²) >= 11 is 12.2. The third-order valence-electron chi connectivity index (χ3n) is 6.40. The minimum Gasteiger partial charge on any atom is -0.317 e. The van der Waals surface area contributed by atoms with Crippen LogP contribution >= 0.6 is 23.2 Å². The number of unbranched alkanes of at least 4 members (excludes halogenated alkanes) is 1. The summed E-state index contributed by atoms with van der Waals surface area (Å²) in [4.78, 5) is 0.521. The van der Waals surface area contributed by atoms with Crippen molar-refractivity contribution in [2.75, 3.05) is 31.0 Å². The van der Waals surface area contributed by atoms with Gasteiger partial charge in [-0.05, 0) is 76.2 Å². The van der Waals surface area contributed by atoms with Gasteiger partial charge in [0.2, 0.25) is 0 Å². The molecule has 0 spiro atoms. The molecule has 0 radical (unpaired) electrons. The molecule has 0 saturated carbocycles. The number of anilines is 1. The van der Waals surface area contributed by atoms with E-state index in [1.54, 1.807) is 18.7 Å². The van der Waals surface area contributed by atoms with E-state index in [0.29, 0.717) is 26.3 Å². The fourth-order valence-electron chi connectivity index (χ4n) is 4.63. The number of aryl methyl sites for hydroxylation is 3. The quantitative estimate of drug-likeness (QED) is 0.271. The van der Waals surface area contributed by atoms with Crippen molar-refractivity contribution >= 4 is 40.3 Å². The number of hydrogen-bond donors (Lipinski definition) is 1. The number of halogens is 4. The summed E-state index contributed by atoms with van der Waals surface area (Å²) in [6.45, 7) is 5.38. The second kappa shape index (κ2) is 12.8. The van der Waals surface area contributed by atoms with Gasteiger partial charge in [-0.3, -0.25) is 4.68 Å². The topological polar surface area (TPSA) is 42.3 Å². The number of aromatic nitrogens is 2. The Kier molecular flexibility index (Phi) is 10.3. The van der Waals surface area contributed by atoms with Gasteiger partial charge in [0, 0.05) is 7.05 Å². The number of benzene rings is 1. The smallest absolute Gasteiger partial charge is 0.311 e. The minimum atomic E-state index is -2.57. The molecular formula is C24H35Cl2F2N4OS+. The molecule has 34 heavy (non-hydrogen) atoms. The Balaban J connectivity index is 1.78. The molecule has 0 amide bonds. The summed E-state index contributed by atoms with van der Waals surface area (Å²) in [6, 6.07) is 3.80. The van der Waals surface area contributed by atoms with E-state index < -0.39 is 24.3 Å². The van der Waals surface area contributed by atoms with Gasteiger partial charge in [0.25, 0.3) is 11.3 Å². The molecule has 10 heteroatoms. The van der Waals surface area contributed by atoms with Crippen LogP contribution in [-0.2, 0) is 29.0 Å². The molecule has 1 N–H and O–H groups in total. The van der Waals surface area contributed by atoms with Gasteiger partial charge < -0.3 is 5.32 Å². The second-order valence-corrected chi connectivity index (χ2v) is 11.3. The zero-order valence-electron chi connectivity index (χ0n) is 20.3. The molecule has 5 nitrogen and oxygen atoms in total.